The number of piperidine rings is 1. The molecule has 0 spiro atoms. The van der Waals surface area contributed by atoms with Gasteiger partial charge in [-0.25, -0.2) is 8.78 Å². The van der Waals surface area contributed by atoms with Crippen LogP contribution in [0.15, 0.2) is 24.8 Å². The number of ether oxygens (including phenoxy) is 1. The van der Waals surface area contributed by atoms with Crippen LogP contribution in [0, 0.1) is 11.6 Å². The summed E-state index contributed by atoms with van der Waals surface area (Å²) in [5, 5.41) is 11.4. The van der Waals surface area contributed by atoms with E-state index >= 15 is 4.39 Å². The molecular weight excluding hydrogens is 492 g/mol. The van der Waals surface area contributed by atoms with Crippen molar-refractivity contribution in [3.63, 3.8) is 0 Å². The van der Waals surface area contributed by atoms with Crippen LogP contribution in [0.1, 0.15) is 25.3 Å². The molecule has 3 saturated heterocycles. The van der Waals surface area contributed by atoms with Crippen LogP contribution < -0.4 is 15.5 Å². The first kappa shape index (κ1) is 27.0. The number of halogens is 2. The topological polar surface area (TPSA) is 94.2 Å². The fraction of sp³-hybridized carbons (Fsp3) is 0.630. The number of pyridine rings is 2. The highest BCUT2D eigenvalue weighted by atomic mass is 19.1. The van der Waals surface area contributed by atoms with Crippen LogP contribution in [-0.4, -0.2) is 109 Å². The Hall–Kier alpha value is -2.60. The molecule has 3 aliphatic heterocycles. The molecule has 1 atom stereocenters. The zero-order chi connectivity index (χ0) is 26.7. The van der Waals surface area contributed by atoms with Gasteiger partial charge < -0.3 is 25.4 Å². The zero-order valence-electron chi connectivity index (χ0n) is 22.2. The highest BCUT2D eigenvalue weighted by Crippen LogP contribution is 2.31. The number of morpholine rings is 1. The van der Waals surface area contributed by atoms with Gasteiger partial charge in [0.1, 0.15) is 0 Å². The molecule has 1 unspecified atom stereocenters. The van der Waals surface area contributed by atoms with Crippen molar-refractivity contribution in [1.82, 2.24) is 19.8 Å². The highest BCUT2D eigenvalue weighted by molar-refractivity contribution is 5.67. The summed E-state index contributed by atoms with van der Waals surface area (Å²) in [4.78, 5) is 16.6. The number of piperazine rings is 1. The number of nitrogen functional groups attached to an aromatic ring is 1. The van der Waals surface area contributed by atoms with Crippen LogP contribution in [-0.2, 0) is 11.2 Å². The van der Waals surface area contributed by atoms with E-state index in [2.05, 4.69) is 24.7 Å². The van der Waals surface area contributed by atoms with Gasteiger partial charge in [0.25, 0.3) is 0 Å². The van der Waals surface area contributed by atoms with Gasteiger partial charge in [-0.05, 0) is 25.3 Å². The van der Waals surface area contributed by atoms with Gasteiger partial charge in [-0.3, -0.25) is 19.8 Å². The summed E-state index contributed by atoms with van der Waals surface area (Å²) in [5.74, 6) is -0.765. The van der Waals surface area contributed by atoms with E-state index in [4.69, 9.17) is 10.5 Å². The molecular formula is C27H39F2N7O2. The maximum absolute atomic E-state index is 15.1. The largest absolute Gasteiger partial charge is 0.396 e. The summed E-state index contributed by atoms with van der Waals surface area (Å²) >= 11 is 0. The molecule has 0 aromatic carbocycles. The second-order valence-corrected chi connectivity index (χ2v) is 11.0. The van der Waals surface area contributed by atoms with Gasteiger partial charge in [-0.2, -0.15) is 0 Å². The smallest absolute Gasteiger partial charge is 0.166 e. The van der Waals surface area contributed by atoms with Crippen LogP contribution in [0.2, 0.25) is 0 Å². The number of nitrogens with two attached hydrogens (primary N) is 1. The van der Waals surface area contributed by atoms with Gasteiger partial charge in [-0.15, -0.1) is 0 Å². The fourth-order valence-corrected chi connectivity index (χ4v) is 6.20. The number of anilines is 3. The minimum Gasteiger partial charge on any atom is -0.396 e. The van der Waals surface area contributed by atoms with Crippen molar-refractivity contribution >= 4 is 17.1 Å². The van der Waals surface area contributed by atoms with E-state index in [0.717, 1.165) is 57.8 Å². The Morgan fingerprint density at radius 2 is 1.50 bits per heavy atom. The first-order chi connectivity index (χ1) is 18.3. The summed E-state index contributed by atoms with van der Waals surface area (Å²) in [6.07, 6.45) is 7.85. The molecule has 9 nitrogen and oxygen atoms in total. The molecule has 11 heteroatoms. The second-order valence-electron chi connectivity index (χ2n) is 11.0. The molecule has 5 heterocycles. The van der Waals surface area contributed by atoms with Crippen LogP contribution in [0.4, 0.5) is 25.8 Å². The minimum atomic E-state index is -1.08. The van der Waals surface area contributed by atoms with Crippen molar-refractivity contribution in [2.45, 2.75) is 37.8 Å². The van der Waals surface area contributed by atoms with Crippen molar-refractivity contribution < 1.29 is 18.6 Å². The summed E-state index contributed by atoms with van der Waals surface area (Å²) in [6.45, 7) is 9.72. The van der Waals surface area contributed by atoms with Crippen LogP contribution in [0.5, 0.6) is 0 Å². The number of rotatable bonds is 7. The Kier molecular flexibility index (Phi) is 8.27. The third-order valence-corrected chi connectivity index (χ3v) is 8.02. The van der Waals surface area contributed by atoms with Gasteiger partial charge in [0, 0.05) is 77.6 Å². The van der Waals surface area contributed by atoms with Crippen molar-refractivity contribution in [2.75, 3.05) is 87.7 Å². The van der Waals surface area contributed by atoms with E-state index in [1.807, 2.05) is 4.90 Å². The first-order valence-electron chi connectivity index (χ1n) is 13.6. The molecule has 3 N–H and O–H groups in total. The molecule has 3 fully saturated rings. The van der Waals surface area contributed by atoms with Gasteiger partial charge in [0.2, 0.25) is 0 Å². The van der Waals surface area contributed by atoms with E-state index in [-0.39, 0.29) is 5.82 Å². The van der Waals surface area contributed by atoms with Crippen molar-refractivity contribution in [1.29, 1.82) is 0 Å². The number of aliphatic hydroxyl groups is 1. The lowest BCUT2D eigenvalue weighted by Gasteiger charge is -2.42. The summed E-state index contributed by atoms with van der Waals surface area (Å²) < 4.78 is 34.9. The van der Waals surface area contributed by atoms with Crippen molar-refractivity contribution in [2.24, 2.45) is 0 Å². The molecule has 2 aromatic rings. The minimum absolute atomic E-state index is 0.294. The summed E-state index contributed by atoms with van der Waals surface area (Å²) in [7, 11) is 0. The van der Waals surface area contributed by atoms with E-state index in [1.165, 1.54) is 18.6 Å². The van der Waals surface area contributed by atoms with Crippen LogP contribution >= 0.6 is 0 Å². The Bertz CT molecular complexity index is 1060. The molecule has 5 rings (SSSR count). The molecule has 0 bridgehead atoms. The normalized spacial score (nSPS) is 22.0. The maximum atomic E-state index is 15.1. The standard InChI is InChI=1S/C27H39F2N7O2/c1-27(37,19-33-6-8-36(9-7-33)26-23(29)17-32-18-24(26)30)14-20-15-31-16-22(28)25(20)35-4-2-21(3-5-35)34-10-12-38-13-11-34/h15-18,21,37H,2-14,19,30H2,1H3. The predicted octanol–water partition coefficient (Wildman–Crippen LogP) is 1.75. The SMILES string of the molecule is CC(O)(Cc1cncc(F)c1N1CCC(N2CCOCC2)CC1)CN1CCN(c2c(N)cncc2F)CC1. The van der Waals surface area contributed by atoms with Gasteiger partial charge in [-0.1, -0.05) is 0 Å². The number of nitrogens with zero attached hydrogens (tertiary/aromatic N) is 6. The lowest BCUT2D eigenvalue weighted by Crippen LogP contribution is -2.52. The Morgan fingerprint density at radius 1 is 0.895 bits per heavy atom. The summed E-state index contributed by atoms with van der Waals surface area (Å²) in [5.41, 5.74) is 6.88. The molecule has 2 aromatic heterocycles. The molecule has 38 heavy (non-hydrogen) atoms. The van der Waals surface area contributed by atoms with E-state index in [9.17, 15) is 9.50 Å². The second kappa shape index (κ2) is 11.6. The average Bonchev–Trinajstić information content (AvgIpc) is 2.90. The van der Waals surface area contributed by atoms with Crippen molar-refractivity contribution in [3.8, 4) is 0 Å². The highest BCUT2D eigenvalue weighted by Gasteiger charge is 2.32. The predicted molar refractivity (Wildman–Crippen MR) is 143 cm³/mol. The Morgan fingerprint density at radius 3 is 2.16 bits per heavy atom. The molecule has 0 saturated carbocycles. The van der Waals surface area contributed by atoms with Gasteiger partial charge >= 0.3 is 0 Å². The first-order valence-corrected chi connectivity index (χ1v) is 13.6. The van der Waals surface area contributed by atoms with Crippen LogP contribution in [0.3, 0.4) is 0 Å². The molecule has 0 radical (unpaired) electrons. The Balaban J connectivity index is 1.19. The average molecular weight is 532 g/mol. The number of β-amino-alcohol motifs (C(OH)–C–C–N with tert-alkyl or cyclic N) is 1. The molecule has 0 amide bonds. The molecule has 0 aliphatic carbocycles. The van der Waals surface area contributed by atoms with E-state index < -0.39 is 11.4 Å². The maximum Gasteiger partial charge on any atom is 0.166 e. The lowest BCUT2D eigenvalue weighted by molar-refractivity contribution is 0.0114. The quantitative estimate of drug-likeness (QED) is 0.554. The van der Waals surface area contributed by atoms with Crippen molar-refractivity contribution in [3.05, 3.63) is 42.0 Å². The van der Waals surface area contributed by atoms with Crippen LogP contribution in [0.25, 0.3) is 0 Å². The number of aromatic nitrogens is 2. The summed E-state index contributed by atoms with van der Waals surface area (Å²) in [6, 6.07) is 0.501. The fourth-order valence-electron chi connectivity index (χ4n) is 6.20. The van der Waals surface area contributed by atoms with Gasteiger partial charge in [0.05, 0.1) is 54.5 Å². The third-order valence-electron chi connectivity index (χ3n) is 8.02. The number of hydrogen-bond acceptors (Lipinski definition) is 9. The lowest BCUT2D eigenvalue weighted by atomic mass is 9.94. The monoisotopic (exact) mass is 531 g/mol. The van der Waals surface area contributed by atoms with Gasteiger partial charge in [0.15, 0.2) is 11.6 Å². The molecule has 3 aliphatic rings. The molecule has 208 valence electrons. The Labute approximate surface area is 223 Å². The number of hydrogen-bond donors (Lipinski definition) is 2. The van der Waals surface area contributed by atoms with E-state index in [1.54, 1.807) is 13.1 Å². The third kappa shape index (κ3) is 6.17. The zero-order valence-corrected chi connectivity index (χ0v) is 22.2. The van der Waals surface area contributed by atoms with E-state index in [0.29, 0.717) is 62.2 Å².